The predicted octanol–water partition coefficient (Wildman–Crippen LogP) is 3.59. The van der Waals surface area contributed by atoms with E-state index in [9.17, 15) is 4.79 Å². The molecule has 2 aliphatic carbocycles. The van der Waals surface area contributed by atoms with Gasteiger partial charge in [0.05, 0.1) is 0 Å². The predicted molar refractivity (Wildman–Crippen MR) is 100.0 cm³/mol. The number of piperidine rings is 1. The number of nitrogens with one attached hydrogen (secondary N) is 1. The average molecular weight is 349 g/mol. The number of benzene rings is 1. The molecule has 1 aromatic rings. The molecule has 0 radical (unpaired) electrons. The number of carbonyl (C=O) groups excluding carboxylic acids is 1. The van der Waals surface area contributed by atoms with Crippen molar-refractivity contribution < 1.29 is 4.79 Å². The second kappa shape index (κ2) is 7.88. The van der Waals surface area contributed by atoms with E-state index in [0.717, 1.165) is 43.8 Å². The van der Waals surface area contributed by atoms with Gasteiger partial charge in [-0.05, 0) is 87.1 Å². The maximum absolute atomic E-state index is 12.8. The Morgan fingerprint density at radius 2 is 1.75 bits per heavy atom. The van der Waals surface area contributed by atoms with Crippen LogP contribution in [0.2, 0.25) is 0 Å². The van der Waals surface area contributed by atoms with E-state index in [1.54, 1.807) is 0 Å². The summed E-state index contributed by atoms with van der Waals surface area (Å²) in [5.74, 6) is 1.17. The number of rotatable bonds is 4. The summed E-state index contributed by atoms with van der Waals surface area (Å²) in [5, 5.41) is 3.69. The highest BCUT2D eigenvalue weighted by atomic mass is 35.5. The molecule has 1 amide bonds. The van der Waals surface area contributed by atoms with Crippen LogP contribution in [0.15, 0.2) is 18.2 Å². The molecule has 0 atom stereocenters. The number of amides is 1. The fourth-order valence-corrected chi connectivity index (χ4v) is 3.99. The van der Waals surface area contributed by atoms with Crippen molar-refractivity contribution in [1.82, 2.24) is 10.2 Å². The molecule has 1 heterocycles. The van der Waals surface area contributed by atoms with Gasteiger partial charge in [0.25, 0.3) is 5.91 Å². The summed E-state index contributed by atoms with van der Waals surface area (Å²) in [6.07, 6.45) is 9.90. The van der Waals surface area contributed by atoms with Gasteiger partial charge in [-0.25, -0.2) is 0 Å². The third kappa shape index (κ3) is 4.12. The van der Waals surface area contributed by atoms with Crippen LogP contribution in [-0.4, -0.2) is 36.5 Å². The largest absolute Gasteiger partial charge is 0.339 e. The molecule has 1 saturated carbocycles. The lowest BCUT2D eigenvalue weighted by molar-refractivity contribution is 0.0705. The maximum Gasteiger partial charge on any atom is 0.253 e. The second-order valence-corrected chi connectivity index (χ2v) is 7.61. The van der Waals surface area contributed by atoms with Crippen LogP contribution in [0, 0.1) is 5.92 Å². The minimum Gasteiger partial charge on any atom is -0.339 e. The Hall–Kier alpha value is -1.06. The van der Waals surface area contributed by atoms with Crippen molar-refractivity contribution in [3.05, 3.63) is 34.9 Å². The summed E-state index contributed by atoms with van der Waals surface area (Å²) in [4.78, 5) is 14.8. The van der Waals surface area contributed by atoms with Crippen molar-refractivity contribution in [2.24, 2.45) is 5.92 Å². The zero-order valence-electron chi connectivity index (χ0n) is 14.4. The minimum absolute atomic E-state index is 0. The highest BCUT2D eigenvalue weighted by Gasteiger charge is 2.26. The zero-order chi connectivity index (χ0) is 15.6. The number of hydrogen-bond donors (Lipinski definition) is 1. The first-order chi connectivity index (χ1) is 11.3. The van der Waals surface area contributed by atoms with Crippen molar-refractivity contribution in [2.45, 2.75) is 57.4 Å². The van der Waals surface area contributed by atoms with Crippen LogP contribution in [-0.2, 0) is 12.8 Å². The van der Waals surface area contributed by atoms with Gasteiger partial charge in [0.2, 0.25) is 0 Å². The van der Waals surface area contributed by atoms with Crippen LogP contribution in [0.1, 0.15) is 60.0 Å². The van der Waals surface area contributed by atoms with Crippen molar-refractivity contribution in [2.75, 3.05) is 19.6 Å². The van der Waals surface area contributed by atoms with Crippen LogP contribution in [0.5, 0.6) is 0 Å². The molecule has 1 N–H and O–H groups in total. The Balaban J connectivity index is 0.00000169. The summed E-state index contributed by atoms with van der Waals surface area (Å²) in [6, 6.07) is 7.01. The molecule has 0 bridgehead atoms. The molecule has 132 valence electrons. The fourth-order valence-electron chi connectivity index (χ4n) is 3.99. The summed E-state index contributed by atoms with van der Waals surface area (Å²) < 4.78 is 0. The van der Waals surface area contributed by atoms with Crippen LogP contribution in [0.3, 0.4) is 0 Å². The lowest BCUT2D eigenvalue weighted by Crippen LogP contribution is -2.45. The van der Waals surface area contributed by atoms with Gasteiger partial charge in [-0.1, -0.05) is 6.07 Å². The lowest BCUT2D eigenvalue weighted by atomic mass is 9.90. The maximum atomic E-state index is 12.8. The van der Waals surface area contributed by atoms with E-state index in [4.69, 9.17) is 0 Å². The van der Waals surface area contributed by atoms with E-state index in [0.29, 0.717) is 6.04 Å². The average Bonchev–Trinajstić information content (AvgIpc) is 3.44. The second-order valence-electron chi connectivity index (χ2n) is 7.61. The molecular formula is C20H29ClN2O. The van der Waals surface area contributed by atoms with E-state index in [1.165, 1.54) is 49.8 Å². The van der Waals surface area contributed by atoms with Gasteiger partial charge in [-0.2, -0.15) is 0 Å². The third-order valence-corrected chi connectivity index (χ3v) is 5.77. The number of nitrogens with zero attached hydrogens (tertiary/aromatic N) is 1. The number of fused-ring (bicyclic) bond motifs is 1. The SMILES string of the molecule is Cl.O=C(c1ccc2c(c1)CCCC2)N1CCC(NCC2CC2)CC1. The normalized spacial score (nSPS) is 21.1. The van der Waals surface area contributed by atoms with Gasteiger partial charge in [-0.3, -0.25) is 4.79 Å². The summed E-state index contributed by atoms with van der Waals surface area (Å²) in [6.45, 7) is 2.99. The van der Waals surface area contributed by atoms with E-state index >= 15 is 0 Å². The quantitative estimate of drug-likeness (QED) is 0.901. The van der Waals surface area contributed by atoms with Crippen LogP contribution < -0.4 is 5.32 Å². The highest BCUT2D eigenvalue weighted by molar-refractivity contribution is 5.94. The number of hydrogen-bond acceptors (Lipinski definition) is 2. The topological polar surface area (TPSA) is 32.3 Å². The summed E-state index contributed by atoms with van der Waals surface area (Å²) >= 11 is 0. The first-order valence-electron chi connectivity index (χ1n) is 9.44. The minimum atomic E-state index is 0. The Kier molecular flexibility index (Phi) is 5.83. The van der Waals surface area contributed by atoms with Crippen LogP contribution in [0.25, 0.3) is 0 Å². The molecule has 1 saturated heterocycles. The Bertz CT molecular complexity index is 577. The summed E-state index contributed by atoms with van der Waals surface area (Å²) in [7, 11) is 0. The van der Waals surface area contributed by atoms with E-state index < -0.39 is 0 Å². The molecule has 1 aliphatic heterocycles. The molecular weight excluding hydrogens is 320 g/mol. The molecule has 24 heavy (non-hydrogen) atoms. The van der Waals surface area contributed by atoms with Crippen molar-refractivity contribution in [3.8, 4) is 0 Å². The molecule has 0 aromatic heterocycles. The van der Waals surface area contributed by atoms with E-state index in [1.807, 2.05) is 6.07 Å². The number of likely N-dealkylation sites (tertiary alicyclic amines) is 1. The molecule has 4 heteroatoms. The lowest BCUT2D eigenvalue weighted by Gasteiger charge is -2.33. The standard InChI is InChI=1S/C20H28N2O.ClH/c23-20(18-8-7-16-3-1-2-4-17(16)13-18)22-11-9-19(10-12-22)21-14-15-5-6-15;/h7-8,13,15,19,21H,1-6,9-12,14H2;1H. The third-order valence-electron chi connectivity index (χ3n) is 5.77. The van der Waals surface area contributed by atoms with Gasteiger partial charge < -0.3 is 10.2 Å². The van der Waals surface area contributed by atoms with Gasteiger partial charge in [-0.15, -0.1) is 12.4 Å². The molecule has 1 aromatic carbocycles. The molecule has 2 fully saturated rings. The highest BCUT2D eigenvalue weighted by Crippen LogP contribution is 2.28. The van der Waals surface area contributed by atoms with Crippen molar-refractivity contribution in [3.63, 3.8) is 0 Å². The molecule has 0 spiro atoms. The molecule has 4 rings (SSSR count). The first-order valence-corrected chi connectivity index (χ1v) is 9.44. The molecule has 3 aliphatic rings. The van der Waals surface area contributed by atoms with Gasteiger partial charge in [0.15, 0.2) is 0 Å². The monoisotopic (exact) mass is 348 g/mol. The number of aryl methyl sites for hydroxylation is 2. The molecule has 3 nitrogen and oxygen atoms in total. The smallest absolute Gasteiger partial charge is 0.253 e. The van der Waals surface area contributed by atoms with Crippen LogP contribution >= 0.6 is 12.4 Å². The van der Waals surface area contributed by atoms with Crippen LogP contribution in [0.4, 0.5) is 0 Å². The van der Waals surface area contributed by atoms with Gasteiger partial charge in [0, 0.05) is 24.7 Å². The molecule has 0 unspecified atom stereocenters. The Morgan fingerprint density at radius 3 is 2.46 bits per heavy atom. The Labute approximate surface area is 151 Å². The van der Waals surface area contributed by atoms with Gasteiger partial charge >= 0.3 is 0 Å². The van der Waals surface area contributed by atoms with Gasteiger partial charge in [0.1, 0.15) is 0 Å². The van der Waals surface area contributed by atoms with Crippen molar-refractivity contribution >= 4 is 18.3 Å². The number of halogens is 1. The fraction of sp³-hybridized carbons (Fsp3) is 0.650. The van der Waals surface area contributed by atoms with Crippen molar-refractivity contribution in [1.29, 1.82) is 0 Å². The van der Waals surface area contributed by atoms with E-state index in [-0.39, 0.29) is 18.3 Å². The number of carbonyl (C=O) groups is 1. The zero-order valence-corrected chi connectivity index (χ0v) is 15.2. The summed E-state index contributed by atoms with van der Waals surface area (Å²) in [5.41, 5.74) is 3.76. The Morgan fingerprint density at radius 1 is 1.04 bits per heavy atom. The first kappa shape index (κ1) is 17.8. The van der Waals surface area contributed by atoms with E-state index in [2.05, 4.69) is 22.3 Å².